The number of anilines is 1. The van der Waals surface area contributed by atoms with Crippen molar-refractivity contribution in [2.24, 2.45) is 10.2 Å². The standard InChI is InChI=1S/C23H24N6O2S/c1-3-28(4-2)15-29-19-13-9-8-12-17(19)20(21(29)30)26-27-22(31)25-23-24-18(14-32-23)16-10-6-5-7-11-16/h5-14,30H,3-4,15H2,1-2H3,(H,24,25,31). The van der Waals surface area contributed by atoms with Crippen molar-refractivity contribution in [1.82, 2.24) is 14.5 Å². The molecule has 8 nitrogen and oxygen atoms in total. The molecule has 164 valence electrons. The van der Waals surface area contributed by atoms with Crippen LogP contribution in [0.4, 0.5) is 15.6 Å². The topological polar surface area (TPSA) is 95.1 Å². The summed E-state index contributed by atoms with van der Waals surface area (Å²) in [6.45, 7) is 6.35. The van der Waals surface area contributed by atoms with E-state index in [0.29, 0.717) is 11.8 Å². The Morgan fingerprint density at radius 3 is 2.59 bits per heavy atom. The van der Waals surface area contributed by atoms with Crippen LogP contribution in [0.5, 0.6) is 5.88 Å². The van der Waals surface area contributed by atoms with Crippen LogP contribution < -0.4 is 5.32 Å². The SMILES string of the molecule is CCN(CC)Cn1c(O)c(N=NC(=O)Nc2nc(-c3ccccc3)cs2)c2ccccc21. The molecule has 0 aliphatic rings. The number of rotatable bonds is 7. The summed E-state index contributed by atoms with van der Waals surface area (Å²) in [5.74, 6) is -0.0183. The van der Waals surface area contributed by atoms with Crippen molar-refractivity contribution in [1.29, 1.82) is 0 Å². The number of azo groups is 1. The number of thiazole rings is 1. The number of carbonyl (C=O) groups excluding carboxylic acids is 1. The predicted octanol–water partition coefficient (Wildman–Crippen LogP) is 6.09. The molecule has 9 heteroatoms. The van der Waals surface area contributed by atoms with Crippen LogP contribution in [0, 0.1) is 0 Å². The number of carbonyl (C=O) groups is 1. The summed E-state index contributed by atoms with van der Waals surface area (Å²) < 4.78 is 1.78. The lowest BCUT2D eigenvalue weighted by molar-refractivity contribution is 0.233. The molecule has 0 aliphatic carbocycles. The highest BCUT2D eigenvalue weighted by molar-refractivity contribution is 7.14. The minimum atomic E-state index is -0.654. The lowest BCUT2D eigenvalue weighted by Gasteiger charge is -2.19. The van der Waals surface area contributed by atoms with Crippen LogP contribution in [0.2, 0.25) is 0 Å². The Morgan fingerprint density at radius 2 is 1.84 bits per heavy atom. The van der Waals surface area contributed by atoms with Crippen molar-refractivity contribution >= 4 is 39.1 Å². The third-order valence-electron chi connectivity index (χ3n) is 5.18. The molecule has 0 atom stereocenters. The van der Waals surface area contributed by atoms with Crippen LogP contribution in [0.25, 0.3) is 22.2 Å². The molecule has 2 aromatic carbocycles. The highest BCUT2D eigenvalue weighted by Gasteiger charge is 2.18. The lowest BCUT2D eigenvalue weighted by atomic mass is 10.2. The highest BCUT2D eigenvalue weighted by Crippen LogP contribution is 2.39. The molecular formula is C23H24N6O2S. The second-order valence-electron chi connectivity index (χ2n) is 7.10. The molecule has 2 aromatic heterocycles. The number of para-hydroxylation sites is 1. The van der Waals surface area contributed by atoms with E-state index in [0.717, 1.165) is 35.2 Å². The number of urea groups is 1. The zero-order valence-corrected chi connectivity index (χ0v) is 18.7. The minimum Gasteiger partial charge on any atom is -0.493 e. The summed E-state index contributed by atoms with van der Waals surface area (Å²) in [6, 6.07) is 16.6. The molecule has 0 unspecified atom stereocenters. The van der Waals surface area contributed by atoms with Gasteiger partial charge in [-0.05, 0) is 19.2 Å². The quantitative estimate of drug-likeness (QED) is 0.335. The van der Waals surface area contributed by atoms with Gasteiger partial charge in [-0.3, -0.25) is 14.8 Å². The van der Waals surface area contributed by atoms with E-state index in [1.165, 1.54) is 11.3 Å². The van der Waals surface area contributed by atoms with E-state index < -0.39 is 6.03 Å². The van der Waals surface area contributed by atoms with Gasteiger partial charge >= 0.3 is 6.03 Å². The maximum absolute atomic E-state index is 12.4. The van der Waals surface area contributed by atoms with Gasteiger partial charge in [-0.2, -0.15) is 0 Å². The second-order valence-corrected chi connectivity index (χ2v) is 7.95. The Labute approximate surface area is 189 Å². The Morgan fingerprint density at radius 1 is 1.12 bits per heavy atom. The van der Waals surface area contributed by atoms with E-state index in [9.17, 15) is 9.90 Å². The number of nitrogens with one attached hydrogen (secondary N) is 1. The third-order valence-corrected chi connectivity index (χ3v) is 5.94. The first kappa shape index (κ1) is 21.7. The molecular weight excluding hydrogens is 424 g/mol. The molecule has 2 N–H and O–H groups in total. The van der Waals surface area contributed by atoms with Crippen LogP contribution in [0.3, 0.4) is 0 Å². The maximum Gasteiger partial charge on any atom is 0.365 e. The fourth-order valence-corrected chi connectivity index (χ4v) is 4.13. The molecule has 2 heterocycles. The lowest BCUT2D eigenvalue weighted by Crippen LogP contribution is -2.25. The summed E-state index contributed by atoms with van der Waals surface area (Å²) in [5.41, 5.74) is 2.85. The summed E-state index contributed by atoms with van der Waals surface area (Å²) in [7, 11) is 0. The van der Waals surface area contributed by atoms with E-state index in [2.05, 4.69) is 39.3 Å². The molecule has 0 radical (unpaired) electrons. The fourth-order valence-electron chi connectivity index (χ4n) is 3.42. The van der Waals surface area contributed by atoms with Gasteiger partial charge in [0.15, 0.2) is 10.8 Å². The fraction of sp³-hybridized carbons (Fsp3) is 0.217. The number of aromatic hydroxyl groups is 1. The number of fused-ring (bicyclic) bond motifs is 1. The first-order valence-electron chi connectivity index (χ1n) is 10.4. The minimum absolute atomic E-state index is 0.0183. The van der Waals surface area contributed by atoms with Crippen molar-refractivity contribution < 1.29 is 9.90 Å². The maximum atomic E-state index is 12.4. The molecule has 0 fully saturated rings. The number of benzene rings is 2. The van der Waals surface area contributed by atoms with Crippen molar-refractivity contribution in [2.75, 3.05) is 18.4 Å². The number of hydrogen-bond acceptors (Lipinski definition) is 6. The van der Waals surface area contributed by atoms with Crippen molar-refractivity contribution in [3.8, 4) is 17.1 Å². The van der Waals surface area contributed by atoms with Crippen molar-refractivity contribution in [2.45, 2.75) is 20.5 Å². The Hall–Kier alpha value is -3.56. The first-order valence-corrected chi connectivity index (χ1v) is 11.2. The van der Waals surface area contributed by atoms with Gasteiger partial charge in [-0.25, -0.2) is 9.78 Å². The Balaban J connectivity index is 1.54. The van der Waals surface area contributed by atoms with Gasteiger partial charge < -0.3 is 5.11 Å². The highest BCUT2D eigenvalue weighted by atomic mass is 32.1. The van der Waals surface area contributed by atoms with Gasteiger partial charge in [0.25, 0.3) is 0 Å². The molecule has 32 heavy (non-hydrogen) atoms. The number of nitrogens with zero attached hydrogens (tertiary/aromatic N) is 5. The van der Waals surface area contributed by atoms with Crippen LogP contribution in [0.15, 0.2) is 70.2 Å². The number of aromatic nitrogens is 2. The van der Waals surface area contributed by atoms with Crippen LogP contribution in [-0.2, 0) is 6.67 Å². The summed E-state index contributed by atoms with van der Waals surface area (Å²) in [4.78, 5) is 19.0. The van der Waals surface area contributed by atoms with E-state index in [1.807, 2.05) is 60.0 Å². The van der Waals surface area contributed by atoms with E-state index in [1.54, 1.807) is 4.57 Å². The molecule has 0 aliphatic heterocycles. The van der Waals surface area contributed by atoms with E-state index in [4.69, 9.17) is 0 Å². The first-order chi connectivity index (χ1) is 15.6. The molecule has 0 saturated carbocycles. The van der Waals surface area contributed by atoms with Crippen molar-refractivity contribution in [3.05, 3.63) is 60.0 Å². The molecule has 4 rings (SSSR count). The van der Waals surface area contributed by atoms with Gasteiger partial charge in [-0.15, -0.1) is 16.5 Å². The number of hydrogen-bond donors (Lipinski definition) is 2. The molecule has 0 bridgehead atoms. The zero-order chi connectivity index (χ0) is 22.5. The van der Waals surface area contributed by atoms with Crippen LogP contribution >= 0.6 is 11.3 Å². The van der Waals surface area contributed by atoms with Gasteiger partial charge in [0.2, 0.25) is 5.88 Å². The van der Waals surface area contributed by atoms with Gasteiger partial charge in [0.05, 0.1) is 17.9 Å². The molecule has 4 aromatic rings. The van der Waals surface area contributed by atoms with Gasteiger partial charge in [0.1, 0.15) is 0 Å². The summed E-state index contributed by atoms with van der Waals surface area (Å²) in [6.07, 6.45) is 0. The summed E-state index contributed by atoms with van der Waals surface area (Å²) in [5, 5.41) is 24.3. The monoisotopic (exact) mass is 448 g/mol. The second kappa shape index (κ2) is 9.71. The van der Waals surface area contributed by atoms with Gasteiger partial charge in [0, 0.05) is 16.3 Å². The van der Waals surface area contributed by atoms with E-state index in [-0.39, 0.29) is 11.6 Å². The average molecular weight is 449 g/mol. The largest absolute Gasteiger partial charge is 0.493 e. The number of amides is 2. The smallest absolute Gasteiger partial charge is 0.365 e. The molecule has 0 saturated heterocycles. The molecule has 2 amide bonds. The third kappa shape index (κ3) is 4.53. The molecule has 0 spiro atoms. The normalized spacial score (nSPS) is 11.6. The van der Waals surface area contributed by atoms with Crippen LogP contribution in [-0.4, -0.2) is 38.7 Å². The van der Waals surface area contributed by atoms with Gasteiger partial charge in [-0.1, -0.05) is 67.5 Å². The van der Waals surface area contributed by atoms with E-state index >= 15 is 0 Å². The average Bonchev–Trinajstić information content (AvgIpc) is 3.39. The predicted molar refractivity (Wildman–Crippen MR) is 128 cm³/mol. The van der Waals surface area contributed by atoms with Crippen molar-refractivity contribution in [3.63, 3.8) is 0 Å². The van der Waals surface area contributed by atoms with Crippen LogP contribution in [0.1, 0.15) is 13.8 Å². The zero-order valence-electron chi connectivity index (χ0n) is 17.9. The Bertz CT molecular complexity index is 1240. The Kier molecular flexibility index (Phi) is 6.58. The summed E-state index contributed by atoms with van der Waals surface area (Å²) >= 11 is 1.31.